The molecule has 2 bridgehead atoms. The lowest BCUT2D eigenvalue weighted by atomic mass is 9.67. The molecule has 5 nitrogen and oxygen atoms in total. The van der Waals surface area contributed by atoms with Crippen LogP contribution in [0.15, 0.2) is 30.7 Å². The highest BCUT2D eigenvalue weighted by molar-refractivity contribution is 5.88. The van der Waals surface area contributed by atoms with Crippen molar-refractivity contribution in [3.05, 3.63) is 41.9 Å². The molecule has 1 aromatic carbocycles. The number of hydrogen-bond donors (Lipinski definition) is 3. The third-order valence-electron chi connectivity index (χ3n) is 6.55. The van der Waals surface area contributed by atoms with Crippen LogP contribution < -0.4 is 5.32 Å². The van der Waals surface area contributed by atoms with Crippen LogP contribution in [-0.4, -0.2) is 20.4 Å². The Bertz CT molecular complexity index is 880. The fraction of sp³-hybridized carbons (Fsp3) is 0.444. The lowest BCUT2D eigenvalue weighted by Crippen LogP contribution is -2.35. The third-order valence-corrected chi connectivity index (χ3v) is 6.55. The third kappa shape index (κ3) is 1.47. The van der Waals surface area contributed by atoms with E-state index in [2.05, 4.69) is 44.0 Å². The highest BCUT2D eigenvalue weighted by Gasteiger charge is 2.54. The molecule has 2 saturated carbocycles. The topological polar surface area (TPSA) is 69.4 Å². The van der Waals surface area contributed by atoms with Crippen molar-refractivity contribution in [3.63, 3.8) is 0 Å². The first kappa shape index (κ1) is 12.2. The Morgan fingerprint density at radius 3 is 2.91 bits per heavy atom. The number of anilines is 1. The largest absolute Gasteiger partial charge is 0.378 e. The highest BCUT2D eigenvalue weighted by Crippen LogP contribution is 2.64. The first-order valence-corrected chi connectivity index (χ1v) is 8.61. The van der Waals surface area contributed by atoms with Gasteiger partial charge in [0.25, 0.3) is 0 Å². The molecule has 2 aromatic heterocycles. The van der Waals surface area contributed by atoms with E-state index in [0.717, 1.165) is 17.4 Å². The minimum atomic E-state index is 0.380. The number of benzene rings is 1. The number of hydrogen-bond acceptors (Lipinski definition) is 3. The molecule has 1 aliphatic heterocycles. The maximum Gasteiger partial charge on any atom is 0.0654 e. The lowest BCUT2D eigenvalue weighted by molar-refractivity contribution is 0.249. The maximum absolute atomic E-state index is 4.29. The van der Waals surface area contributed by atoms with Crippen LogP contribution in [0.2, 0.25) is 0 Å². The smallest absolute Gasteiger partial charge is 0.0654 e. The van der Waals surface area contributed by atoms with Gasteiger partial charge in [-0.1, -0.05) is 0 Å². The molecule has 0 spiro atoms. The van der Waals surface area contributed by atoms with Crippen LogP contribution in [0.3, 0.4) is 0 Å². The molecule has 5 unspecified atom stereocenters. The average molecular weight is 305 g/mol. The van der Waals surface area contributed by atoms with Crippen molar-refractivity contribution in [1.82, 2.24) is 20.4 Å². The number of nitrogens with one attached hydrogen (secondary N) is 3. The second-order valence-electron chi connectivity index (χ2n) is 7.45. The lowest BCUT2D eigenvalue weighted by Gasteiger charge is -2.43. The van der Waals surface area contributed by atoms with Crippen LogP contribution in [0.25, 0.3) is 10.9 Å². The van der Waals surface area contributed by atoms with Crippen molar-refractivity contribution in [3.8, 4) is 0 Å². The Hall–Kier alpha value is -2.30. The summed E-state index contributed by atoms with van der Waals surface area (Å²) >= 11 is 0. The van der Waals surface area contributed by atoms with Crippen LogP contribution in [0.1, 0.15) is 42.3 Å². The normalized spacial score (nSPS) is 34.3. The Morgan fingerprint density at radius 1 is 1.04 bits per heavy atom. The van der Waals surface area contributed by atoms with E-state index >= 15 is 0 Å². The number of H-pyrrole nitrogens is 2. The fourth-order valence-electron chi connectivity index (χ4n) is 5.77. The van der Waals surface area contributed by atoms with E-state index < -0.39 is 0 Å². The van der Waals surface area contributed by atoms with Crippen LogP contribution in [0.5, 0.6) is 0 Å². The van der Waals surface area contributed by atoms with E-state index in [9.17, 15) is 0 Å². The van der Waals surface area contributed by atoms with Gasteiger partial charge in [-0.15, -0.1) is 0 Å². The van der Waals surface area contributed by atoms with Gasteiger partial charge in [-0.2, -0.15) is 10.2 Å². The molecule has 116 valence electrons. The Kier molecular flexibility index (Phi) is 2.20. The van der Waals surface area contributed by atoms with Gasteiger partial charge in [0, 0.05) is 22.8 Å². The average Bonchev–Trinajstić information content (AvgIpc) is 3.37. The molecule has 3 heterocycles. The molecular formula is C18H19N5. The monoisotopic (exact) mass is 305 g/mol. The predicted molar refractivity (Wildman–Crippen MR) is 88.1 cm³/mol. The summed E-state index contributed by atoms with van der Waals surface area (Å²) in [5.74, 6) is 3.01. The standard InChI is InChI=1S/C18H19N5/c1-2-10-5-9(1)15-16(10)18(11-6-19-20-7-11)22-14-4-3-13-12(17(14)15)8-21-23-13/h3-4,6-10,15-16,18,22H,1-2,5H2,(H,19,20)(H,21,23). The Balaban J connectivity index is 1.60. The molecule has 23 heavy (non-hydrogen) atoms. The van der Waals surface area contributed by atoms with E-state index in [1.54, 1.807) is 0 Å². The molecule has 5 heteroatoms. The number of nitrogens with zero attached hydrogens (tertiary/aromatic N) is 2. The van der Waals surface area contributed by atoms with Crippen molar-refractivity contribution in [2.45, 2.75) is 31.2 Å². The fourth-order valence-corrected chi connectivity index (χ4v) is 5.77. The molecule has 2 aliphatic carbocycles. The zero-order valence-electron chi connectivity index (χ0n) is 12.8. The molecule has 6 rings (SSSR count). The summed E-state index contributed by atoms with van der Waals surface area (Å²) in [7, 11) is 0. The van der Waals surface area contributed by atoms with Crippen LogP contribution in [-0.2, 0) is 0 Å². The Morgan fingerprint density at radius 2 is 2.00 bits per heavy atom. The zero-order chi connectivity index (χ0) is 15.0. The van der Waals surface area contributed by atoms with Gasteiger partial charge < -0.3 is 5.32 Å². The molecule has 3 aromatic rings. The summed E-state index contributed by atoms with van der Waals surface area (Å²) in [5.41, 5.74) is 5.26. The number of aromatic amines is 2. The van der Waals surface area contributed by atoms with Gasteiger partial charge in [0.15, 0.2) is 0 Å². The van der Waals surface area contributed by atoms with Crippen LogP contribution in [0, 0.1) is 17.8 Å². The van der Waals surface area contributed by atoms with Gasteiger partial charge in [-0.3, -0.25) is 10.2 Å². The van der Waals surface area contributed by atoms with E-state index in [0.29, 0.717) is 17.9 Å². The van der Waals surface area contributed by atoms with E-state index in [-0.39, 0.29) is 0 Å². The summed E-state index contributed by atoms with van der Waals surface area (Å²) < 4.78 is 0. The first-order chi connectivity index (χ1) is 11.4. The first-order valence-electron chi connectivity index (χ1n) is 8.61. The molecule has 3 aliphatic rings. The number of fused-ring (bicyclic) bond motifs is 9. The van der Waals surface area contributed by atoms with Crippen molar-refractivity contribution in [2.75, 3.05) is 5.32 Å². The van der Waals surface area contributed by atoms with Crippen molar-refractivity contribution in [1.29, 1.82) is 0 Å². The molecule has 0 amide bonds. The summed E-state index contributed by atoms with van der Waals surface area (Å²) in [4.78, 5) is 0. The Labute approximate surface area is 133 Å². The van der Waals surface area contributed by atoms with Crippen molar-refractivity contribution >= 4 is 16.6 Å². The van der Waals surface area contributed by atoms with Gasteiger partial charge in [-0.25, -0.2) is 0 Å². The highest BCUT2D eigenvalue weighted by atomic mass is 15.1. The molecule has 0 saturated heterocycles. The van der Waals surface area contributed by atoms with Crippen LogP contribution >= 0.6 is 0 Å². The zero-order valence-corrected chi connectivity index (χ0v) is 12.8. The molecule has 5 atom stereocenters. The second kappa shape index (κ2) is 4.16. The van der Waals surface area contributed by atoms with Crippen LogP contribution in [0.4, 0.5) is 5.69 Å². The van der Waals surface area contributed by atoms with Gasteiger partial charge in [0.2, 0.25) is 0 Å². The van der Waals surface area contributed by atoms with Gasteiger partial charge in [-0.05, 0) is 60.6 Å². The molecular weight excluding hydrogens is 286 g/mol. The van der Waals surface area contributed by atoms with E-state index in [1.165, 1.54) is 41.5 Å². The van der Waals surface area contributed by atoms with Gasteiger partial charge in [0.05, 0.1) is 24.0 Å². The summed E-state index contributed by atoms with van der Waals surface area (Å²) in [6.07, 6.45) is 10.2. The van der Waals surface area contributed by atoms with Gasteiger partial charge in [0.1, 0.15) is 0 Å². The second-order valence-corrected chi connectivity index (χ2v) is 7.45. The maximum atomic E-state index is 4.29. The van der Waals surface area contributed by atoms with Crippen molar-refractivity contribution < 1.29 is 0 Å². The minimum Gasteiger partial charge on any atom is -0.378 e. The number of rotatable bonds is 1. The molecule has 2 fully saturated rings. The molecule has 0 radical (unpaired) electrons. The molecule has 3 N–H and O–H groups in total. The summed E-state index contributed by atoms with van der Waals surface area (Å²) in [5, 5.41) is 19.8. The summed E-state index contributed by atoms with van der Waals surface area (Å²) in [6.45, 7) is 0. The van der Waals surface area contributed by atoms with E-state index in [1.807, 2.05) is 12.4 Å². The predicted octanol–water partition coefficient (Wildman–Crippen LogP) is 3.58. The van der Waals surface area contributed by atoms with Gasteiger partial charge >= 0.3 is 0 Å². The summed E-state index contributed by atoms with van der Waals surface area (Å²) in [6, 6.07) is 4.75. The SMILES string of the molecule is c1n[nH]cc1C1Nc2ccc3[nH]ncc3c2C2C3CCC(C3)C12. The van der Waals surface area contributed by atoms with Crippen molar-refractivity contribution in [2.24, 2.45) is 17.8 Å². The minimum absolute atomic E-state index is 0.380. The quantitative estimate of drug-likeness (QED) is 0.643. The van der Waals surface area contributed by atoms with E-state index in [4.69, 9.17) is 0 Å². The number of aromatic nitrogens is 4.